The van der Waals surface area contributed by atoms with Gasteiger partial charge < -0.3 is 10.8 Å². The van der Waals surface area contributed by atoms with Gasteiger partial charge >= 0.3 is 0 Å². The van der Waals surface area contributed by atoms with Gasteiger partial charge in [0, 0.05) is 18.0 Å². The lowest BCUT2D eigenvalue weighted by Crippen LogP contribution is -2.32. The molecule has 74 valence electrons. The van der Waals surface area contributed by atoms with E-state index in [0.717, 1.165) is 0 Å². The summed E-state index contributed by atoms with van der Waals surface area (Å²) in [6.07, 6.45) is 0. The van der Waals surface area contributed by atoms with Crippen LogP contribution in [0.5, 0.6) is 0 Å². The molecule has 1 heterocycles. The quantitative estimate of drug-likeness (QED) is 0.734. The number of hydrogen-bond acceptors (Lipinski definition) is 4. The summed E-state index contributed by atoms with van der Waals surface area (Å²) in [5.41, 5.74) is 5.68. The Kier molecular flexibility index (Phi) is 4.38. The highest BCUT2D eigenvalue weighted by atomic mass is 32.1. The zero-order valence-corrected chi connectivity index (χ0v) is 8.63. The maximum absolute atomic E-state index is 8.80. The van der Waals surface area contributed by atoms with Gasteiger partial charge in [0.25, 0.3) is 0 Å². The van der Waals surface area contributed by atoms with Gasteiger partial charge in [0.15, 0.2) is 0 Å². The minimum atomic E-state index is 0.179. The Morgan fingerprint density at radius 3 is 2.92 bits per heavy atom. The zero-order chi connectivity index (χ0) is 9.68. The molecule has 0 amide bonds. The highest BCUT2D eigenvalue weighted by molar-refractivity contribution is 7.10. The first-order chi connectivity index (χ1) is 6.29. The molecule has 0 spiro atoms. The Morgan fingerprint density at radius 1 is 1.69 bits per heavy atom. The van der Waals surface area contributed by atoms with Crippen LogP contribution in [-0.4, -0.2) is 36.8 Å². The van der Waals surface area contributed by atoms with E-state index in [0.29, 0.717) is 13.1 Å². The van der Waals surface area contributed by atoms with Gasteiger partial charge in [-0.15, -0.1) is 11.3 Å². The van der Waals surface area contributed by atoms with Gasteiger partial charge in [-0.3, -0.25) is 4.90 Å². The minimum absolute atomic E-state index is 0.179. The Balaban J connectivity index is 2.62. The summed E-state index contributed by atoms with van der Waals surface area (Å²) in [4.78, 5) is 3.34. The summed E-state index contributed by atoms with van der Waals surface area (Å²) in [7, 11) is 1.98. The van der Waals surface area contributed by atoms with Crippen molar-refractivity contribution in [2.45, 2.75) is 6.04 Å². The van der Waals surface area contributed by atoms with Crippen molar-refractivity contribution in [3.63, 3.8) is 0 Å². The standard InChI is InChI=1S/C9H16N2OS/c1-11(4-5-12)8(7-10)9-3-2-6-13-9/h2-3,6,8,12H,4-5,7,10H2,1H3. The second-order valence-corrected chi connectivity index (χ2v) is 3.95. The molecule has 3 N–H and O–H groups in total. The smallest absolute Gasteiger partial charge is 0.0562 e. The third-order valence-corrected chi connectivity index (χ3v) is 3.05. The van der Waals surface area contributed by atoms with Crippen LogP contribution in [0.3, 0.4) is 0 Å². The monoisotopic (exact) mass is 200 g/mol. The number of hydrogen-bond donors (Lipinski definition) is 2. The first-order valence-electron chi connectivity index (χ1n) is 4.34. The van der Waals surface area contributed by atoms with Crippen molar-refractivity contribution in [3.8, 4) is 0 Å². The maximum atomic E-state index is 8.80. The molecule has 0 saturated heterocycles. The van der Waals surface area contributed by atoms with Gasteiger partial charge in [-0.25, -0.2) is 0 Å². The summed E-state index contributed by atoms with van der Waals surface area (Å²) < 4.78 is 0. The fourth-order valence-electron chi connectivity index (χ4n) is 1.31. The van der Waals surface area contributed by atoms with Gasteiger partial charge in [-0.2, -0.15) is 0 Å². The van der Waals surface area contributed by atoms with Crippen molar-refractivity contribution in [2.75, 3.05) is 26.7 Å². The van der Waals surface area contributed by atoms with E-state index in [1.807, 2.05) is 18.5 Å². The number of thiophene rings is 1. The predicted octanol–water partition coefficient (Wildman–Crippen LogP) is 0.672. The van der Waals surface area contributed by atoms with Gasteiger partial charge in [0.1, 0.15) is 0 Å². The lowest BCUT2D eigenvalue weighted by molar-refractivity contribution is 0.185. The molecule has 1 atom stereocenters. The fourth-order valence-corrected chi connectivity index (χ4v) is 2.21. The number of rotatable bonds is 5. The van der Waals surface area contributed by atoms with Crippen LogP contribution >= 0.6 is 11.3 Å². The minimum Gasteiger partial charge on any atom is -0.395 e. The van der Waals surface area contributed by atoms with E-state index in [4.69, 9.17) is 10.8 Å². The molecule has 1 aromatic heterocycles. The molecule has 0 aromatic carbocycles. The van der Waals surface area contributed by atoms with E-state index in [1.54, 1.807) is 11.3 Å². The molecule has 0 aliphatic heterocycles. The molecule has 4 heteroatoms. The van der Waals surface area contributed by atoms with Crippen molar-refractivity contribution in [1.82, 2.24) is 4.90 Å². The molecule has 1 unspecified atom stereocenters. The molecule has 0 aliphatic carbocycles. The van der Waals surface area contributed by atoms with Crippen molar-refractivity contribution >= 4 is 11.3 Å². The van der Waals surface area contributed by atoms with Gasteiger partial charge in [-0.1, -0.05) is 6.07 Å². The Labute approximate surface area is 82.8 Å². The molecule has 3 nitrogen and oxygen atoms in total. The highest BCUT2D eigenvalue weighted by Gasteiger charge is 2.15. The number of aliphatic hydroxyl groups excluding tert-OH is 1. The second-order valence-electron chi connectivity index (χ2n) is 2.97. The molecule has 1 rings (SSSR count). The lowest BCUT2D eigenvalue weighted by atomic mass is 10.2. The number of likely N-dealkylation sites (N-methyl/N-ethyl adjacent to an activating group) is 1. The van der Waals surface area contributed by atoms with Gasteiger partial charge in [0.2, 0.25) is 0 Å². The average molecular weight is 200 g/mol. The summed E-state index contributed by atoms with van der Waals surface area (Å²) >= 11 is 1.71. The molecule has 0 radical (unpaired) electrons. The van der Waals surface area contributed by atoms with E-state index in [9.17, 15) is 0 Å². The van der Waals surface area contributed by atoms with E-state index < -0.39 is 0 Å². The van der Waals surface area contributed by atoms with Crippen LogP contribution in [-0.2, 0) is 0 Å². The SMILES string of the molecule is CN(CCO)C(CN)c1cccs1. The third-order valence-electron chi connectivity index (χ3n) is 2.08. The molecule has 0 bridgehead atoms. The Morgan fingerprint density at radius 2 is 2.46 bits per heavy atom. The van der Waals surface area contributed by atoms with E-state index in [1.165, 1.54) is 4.88 Å². The molecular weight excluding hydrogens is 184 g/mol. The largest absolute Gasteiger partial charge is 0.395 e. The summed E-state index contributed by atoms with van der Waals surface area (Å²) in [6.45, 7) is 1.44. The predicted molar refractivity (Wildman–Crippen MR) is 55.8 cm³/mol. The summed E-state index contributed by atoms with van der Waals surface area (Å²) in [5, 5.41) is 10.8. The number of aliphatic hydroxyl groups is 1. The molecular formula is C9H16N2OS. The summed E-state index contributed by atoms with van der Waals surface area (Å²) in [6, 6.07) is 4.35. The van der Waals surface area contributed by atoms with Crippen LogP contribution in [0.1, 0.15) is 10.9 Å². The summed E-state index contributed by atoms with van der Waals surface area (Å²) in [5.74, 6) is 0. The highest BCUT2D eigenvalue weighted by Crippen LogP contribution is 2.22. The molecule has 0 fully saturated rings. The maximum Gasteiger partial charge on any atom is 0.0562 e. The van der Waals surface area contributed by atoms with Gasteiger partial charge in [-0.05, 0) is 18.5 Å². The van der Waals surface area contributed by atoms with Crippen molar-refractivity contribution in [1.29, 1.82) is 0 Å². The fraction of sp³-hybridized carbons (Fsp3) is 0.556. The van der Waals surface area contributed by atoms with E-state index in [2.05, 4.69) is 11.0 Å². The topological polar surface area (TPSA) is 49.5 Å². The number of nitrogens with zero attached hydrogens (tertiary/aromatic N) is 1. The average Bonchev–Trinajstić information content (AvgIpc) is 2.59. The first kappa shape index (κ1) is 10.7. The van der Waals surface area contributed by atoms with Crippen LogP contribution in [0.4, 0.5) is 0 Å². The van der Waals surface area contributed by atoms with Crippen molar-refractivity contribution < 1.29 is 5.11 Å². The molecule has 0 saturated carbocycles. The van der Waals surface area contributed by atoms with Crippen LogP contribution < -0.4 is 5.73 Å². The number of nitrogens with two attached hydrogens (primary N) is 1. The Hall–Kier alpha value is -0.420. The molecule has 1 aromatic rings. The second kappa shape index (κ2) is 5.34. The zero-order valence-electron chi connectivity index (χ0n) is 7.81. The first-order valence-corrected chi connectivity index (χ1v) is 5.22. The lowest BCUT2D eigenvalue weighted by Gasteiger charge is -2.24. The molecule has 0 aliphatic rings. The van der Waals surface area contributed by atoms with E-state index in [-0.39, 0.29) is 12.6 Å². The van der Waals surface area contributed by atoms with Crippen LogP contribution in [0.25, 0.3) is 0 Å². The normalized spacial score (nSPS) is 13.5. The van der Waals surface area contributed by atoms with Gasteiger partial charge in [0.05, 0.1) is 12.6 Å². The van der Waals surface area contributed by atoms with Crippen LogP contribution in [0.15, 0.2) is 17.5 Å². The van der Waals surface area contributed by atoms with Crippen molar-refractivity contribution in [3.05, 3.63) is 22.4 Å². The Bertz CT molecular complexity index is 226. The van der Waals surface area contributed by atoms with Crippen LogP contribution in [0.2, 0.25) is 0 Å². The van der Waals surface area contributed by atoms with E-state index >= 15 is 0 Å². The van der Waals surface area contributed by atoms with Crippen molar-refractivity contribution in [2.24, 2.45) is 5.73 Å². The third kappa shape index (κ3) is 2.77. The molecule has 13 heavy (non-hydrogen) atoms. The van der Waals surface area contributed by atoms with Crippen LogP contribution in [0, 0.1) is 0 Å².